The van der Waals surface area contributed by atoms with Gasteiger partial charge in [-0.25, -0.2) is 5.10 Å². The maximum Gasteiger partial charge on any atom is 0.288 e. The summed E-state index contributed by atoms with van der Waals surface area (Å²) in [4.78, 5) is 12.6. The van der Waals surface area contributed by atoms with Gasteiger partial charge in [0.25, 0.3) is 5.56 Å². The van der Waals surface area contributed by atoms with Crippen molar-refractivity contribution in [2.24, 2.45) is 0 Å². The number of nitrogens with zero attached hydrogens (tertiary/aromatic N) is 5. The second kappa shape index (κ2) is 6.82. The third-order valence-corrected chi connectivity index (χ3v) is 5.35. The molecule has 0 saturated carbocycles. The predicted octanol–water partition coefficient (Wildman–Crippen LogP) is 2.89. The Balaban J connectivity index is 1.78. The predicted molar refractivity (Wildman–Crippen MR) is 109 cm³/mol. The Morgan fingerprint density at radius 1 is 1.10 bits per heavy atom. The van der Waals surface area contributed by atoms with E-state index in [0.717, 1.165) is 21.3 Å². The van der Waals surface area contributed by atoms with Gasteiger partial charge in [0.15, 0.2) is 0 Å². The van der Waals surface area contributed by atoms with E-state index in [9.17, 15) is 4.79 Å². The summed E-state index contributed by atoms with van der Waals surface area (Å²) in [6.45, 7) is 0. The lowest BCUT2D eigenvalue weighted by Crippen LogP contribution is -2.29. The topological polar surface area (TPSA) is 111 Å². The number of fused-ring (bicyclic) bond motifs is 2. The Kier molecular flexibility index (Phi) is 4.13. The number of nitrogens with one attached hydrogen (secondary N) is 2. The maximum absolute atomic E-state index is 12.6. The minimum Gasteiger partial charge on any atom is -0.497 e. The highest BCUT2D eigenvalue weighted by Crippen LogP contribution is 2.41. The number of aromatic amines is 1. The number of hydrogen-bond acceptors (Lipinski definition) is 7. The molecule has 0 radical (unpaired) electrons. The van der Waals surface area contributed by atoms with Crippen molar-refractivity contribution in [3.63, 3.8) is 0 Å². The van der Waals surface area contributed by atoms with Crippen LogP contribution in [0.4, 0.5) is 11.6 Å². The summed E-state index contributed by atoms with van der Waals surface area (Å²) < 4.78 is 7.85. The second-order valence-electron chi connectivity index (χ2n) is 6.44. The standard InChI is InChI=1S/C19H14BrN7O2/c1-29-13-8-4-10(5-9-13)15-14-16(18(28)23-22-15)21-19-24-25-26-27(19)17(14)11-2-6-12(20)7-3-11/h2-9,17H,1H3,(H,23,28)(H,21,24,26). The minimum atomic E-state index is -0.420. The molecule has 1 unspecified atom stereocenters. The van der Waals surface area contributed by atoms with Crippen LogP contribution in [0.3, 0.4) is 0 Å². The van der Waals surface area contributed by atoms with Gasteiger partial charge < -0.3 is 10.1 Å². The average Bonchev–Trinajstić information content (AvgIpc) is 3.22. The fourth-order valence-corrected chi connectivity index (χ4v) is 3.72. The van der Waals surface area contributed by atoms with Crippen molar-refractivity contribution in [1.29, 1.82) is 0 Å². The molecule has 9 nitrogen and oxygen atoms in total. The van der Waals surface area contributed by atoms with Gasteiger partial charge in [0, 0.05) is 15.6 Å². The van der Waals surface area contributed by atoms with Crippen LogP contribution in [0.5, 0.6) is 5.75 Å². The minimum absolute atomic E-state index is 0.339. The SMILES string of the molecule is COc1ccc(-c2n[nH]c(=O)c3c2C(c2ccc(Br)cc2)n2nnnc2N3)cc1. The lowest BCUT2D eigenvalue weighted by Gasteiger charge is -2.27. The Hall–Kier alpha value is -3.53. The smallest absolute Gasteiger partial charge is 0.288 e. The Bertz CT molecular complexity index is 1250. The molecule has 1 aliphatic rings. The molecule has 0 fully saturated rings. The molecule has 1 atom stereocenters. The van der Waals surface area contributed by atoms with Crippen molar-refractivity contribution in [3.8, 4) is 17.0 Å². The number of aromatic nitrogens is 6. The van der Waals surface area contributed by atoms with Gasteiger partial charge in [-0.15, -0.1) is 0 Å². The van der Waals surface area contributed by atoms with Gasteiger partial charge in [0.05, 0.1) is 12.8 Å². The first-order chi connectivity index (χ1) is 14.2. The molecule has 1 aliphatic heterocycles. The zero-order valence-electron chi connectivity index (χ0n) is 15.1. The van der Waals surface area contributed by atoms with Crippen molar-refractivity contribution in [2.75, 3.05) is 12.4 Å². The molecular formula is C19H14BrN7O2. The number of H-pyrrole nitrogens is 1. The van der Waals surface area contributed by atoms with E-state index in [-0.39, 0.29) is 5.56 Å². The average molecular weight is 452 g/mol. The van der Waals surface area contributed by atoms with Gasteiger partial charge in [0.1, 0.15) is 17.5 Å². The molecule has 144 valence electrons. The van der Waals surface area contributed by atoms with Crippen LogP contribution in [0.15, 0.2) is 57.8 Å². The van der Waals surface area contributed by atoms with E-state index in [1.54, 1.807) is 11.8 Å². The number of ether oxygens (including phenoxy) is 1. The highest BCUT2D eigenvalue weighted by atomic mass is 79.9. The third kappa shape index (κ3) is 2.88. The van der Waals surface area contributed by atoms with Crippen molar-refractivity contribution < 1.29 is 4.74 Å². The van der Waals surface area contributed by atoms with Crippen molar-refractivity contribution in [3.05, 3.63) is 74.5 Å². The number of rotatable bonds is 3. The van der Waals surface area contributed by atoms with Crippen LogP contribution in [0.25, 0.3) is 11.3 Å². The zero-order chi connectivity index (χ0) is 20.0. The molecule has 2 aromatic carbocycles. The Morgan fingerprint density at radius 2 is 1.86 bits per heavy atom. The van der Waals surface area contributed by atoms with Crippen LogP contribution in [0.1, 0.15) is 17.2 Å². The van der Waals surface area contributed by atoms with Crippen LogP contribution < -0.4 is 15.6 Å². The first kappa shape index (κ1) is 17.6. The number of methoxy groups -OCH3 is 1. The molecule has 0 amide bonds. The fourth-order valence-electron chi connectivity index (χ4n) is 3.46. The molecule has 2 aromatic heterocycles. The lowest BCUT2D eigenvalue weighted by molar-refractivity contribution is 0.415. The number of benzene rings is 2. The highest BCUT2D eigenvalue weighted by molar-refractivity contribution is 9.10. The van der Waals surface area contributed by atoms with Gasteiger partial charge in [-0.1, -0.05) is 33.2 Å². The summed E-state index contributed by atoms with van der Waals surface area (Å²) in [5.41, 5.74) is 3.12. The number of anilines is 2. The van der Waals surface area contributed by atoms with E-state index >= 15 is 0 Å². The number of tetrazole rings is 1. The van der Waals surface area contributed by atoms with Crippen molar-refractivity contribution in [1.82, 2.24) is 30.4 Å². The normalized spacial score (nSPS) is 14.6. The molecule has 0 aliphatic carbocycles. The van der Waals surface area contributed by atoms with Gasteiger partial charge in [0.2, 0.25) is 5.95 Å². The lowest BCUT2D eigenvalue weighted by atomic mass is 9.92. The largest absolute Gasteiger partial charge is 0.497 e. The highest BCUT2D eigenvalue weighted by Gasteiger charge is 2.34. The quantitative estimate of drug-likeness (QED) is 0.433. The molecule has 0 spiro atoms. The van der Waals surface area contributed by atoms with Crippen LogP contribution in [0, 0.1) is 0 Å². The summed E-state index contributed by atoms with van der Waals surface area (Å²) in [5, 5.41) is 21.9. The van der Waals surface area contributed by atoms with Crippen LogP contribution in [0.2, 0.25) is 0 Å². The molecular weight excluding hydrogens is 438 g/mol. The zero-order valence-corrected chi connectivity index (χ0v) is 16.7. The van der Waals surface area contributed by atoms with Crippen molar-refractivity contribution >= 4 is 27.6 Å². The number of hydrogen-bond donors (Lipinski definition) is 2. The molecule has 0 bridgehead atoms. The summed E-state index contributed by atoms with van der Waals surface area (Å²) in [5.74, 6) is 1.13. The van der Waals surface area contributed by atoms with E-state index in [2.05, 4.69) is 47.0 Å². The summed E-state index contributed by atoms with van der Waals surface area (Å²) in [7, 11) is 1.61. The molecule has 3 heterocycles. The summed E-state index contributed by atoms with van der Waals surface area (Å²) in [6.07, 6.45) is 0. The first-order valence-corrected chi connectivity index (χ1v) is 9.52. The molecule has 2 N–H and O–H groups in total. The molecule has 4 aromatic rings. The van der Waals surface area contributed by atoms with E-state index in [0.29, 0.717) is 22.9 Å². The van der Waals surface area contributed by atoms with E-state index in [4.69, 9.17) is 4.74 Å². The summed E-state index contributed by atoms with van der Waals surface area (Å²) in [6, 6.07) is 14.9. The Morgan fingerprint density at radius 3 is 2.59 bits per heavy atom. The molecule has 29 heavy (non-hydrogen) atoms. The molecule has 5 rings (SSSR count). The van der Waals surface area contributed by atoms with Gasteiger partial charge >= 0.3 is 0 Å². The van der Waals surface area contributed by atoms with Crippen LogP contribution >= 0.6 is 15.9 Å². The van der Waals surface area contributed by atoms with Crippen molar-refractivity contribution in [2.45, 2.75) is 6.04 Å². The van der Waals surface area contributed by atoms with Gasteiger partial charge in [-0.05, 0) is 52.4 Å². The molecule has 0 saturated heterocycles. The van der Waals surface area contributed by atoms with Crippen LogP contribution in [-0.2, 0) is 0 Å². The third-order valence-electron chi connectivity index (χ3n) is 4.82. The van der Waals surface area contributed by atoms with E-state index < -0.39 is 6.04 Å². The fraction of sp³-hybridized carbons (Fsp3) is 0.105. The van der Waals surface area contributed by atoms with Crippen LogP contribution in [-0.4, -0.2) is 37.5 Å². The Labute approximate surface area is 172 Å². The molecule has 10 heteroatoms. The maximum atomic E-state index is 12.6. The first-order valence-electron chi connectivity index (χ1n) is 8.73. The van der Waals surface area contributed by atoms with Gasteiger partial charge in [-0.2, -0.15) is 9.78 Å². The summed E-state index contributed by atoms with van der Waals surface area (Å²) >= 11 is 3.46. The van der Waals surface area contributed by atoms with E-state index in [1.165, 1.54) is 0 Å². The van der Waals surface area contributed by atoms with Gasteiger partial charge in [-0.3, -0.25) is 4.79 Å². The monoisotopic (exact) mass is 451 g/mol. The number of halogens is 1. The second-order valence-corrected chi connectivity index (χ2v) is 7.36. The van der Waals surface area contributed by atoms with E-state index in [1.807, 2.05) is 48.5 Å².